The monoisotopic (exact) mass is 1070 g/mol. The first-order chi connectivity index (χ1) is 36.1. The van der Waals surface area contributed by atoms with Gasteiger partial charge in [-0.2, -0.15) is 8.42 Å². The average molecular weight is 1070 g/mol. The van der Waals surface area contributed by atoms with E-state index in [1.165, 1.54) is 35.8 Å². The number of pyridine rings is 2. The van der Waals surface area contributed by atoms with E-state index in [4.69, 9.17) is 24.9 Å². The maximum atomic E-state index is 14.2. The number of amides is 7. The van der Waals surface area contributed by atoms with Crippen LogP contribution in [0.5, 0.6) is 5.75 Å². The molecular formula is C51H58N8O16S. The molecule has 0 spiro atoms. The summed E-state index contributed by atoms with van der Waals surface area (Å²) in [7, 11) is -5.11. The third-order valence-corrected chi connectivity index (χ3v) is 14.3. The topological polar surface area (TPSA) is 351 Å². The molecule has 7 rings (SSSR count). The number of unbranched alkanes of at least 4 members (excludes halogenated alkanes) is 2. The van der Waals surface area contributed by atoms with Gasteiger partial charge in [-0.3, -0.25) is 38.2 Å². The molecule has 0 saturated carbocycles. The zero-order valence-electron chi connectivity index (χ0n) is 42.1. The standard InChI is InChI=1S/C51H58N8O16S/c1-5-31-32-22-30(60)15-16-36(32)55-44-33(31)24-59-38(44)23-35-34(47(59)66)26-73-48(67)51(35,6-2)75-50(69)74-25-28-13-14-29(21-39(28)76(70,71)72)54-45(64)37(11-10-19-53-49(52)68)56-46(65)43(27(3)4)57-40(61)12-8-7-9-20-58-41(62)17-18-42(58)63/h13-18,21-23,27,37,43,60H,5-12,19-20,24-26H2,1-4H3,(H,54,64)(H,56,65)(H,57,61)(H3,52,53,68)(H,70,71,72)/t37-,43-,51-/m0/s1. The maximum absolute atomic E-state index is 14.2. The van der Waals surface area contributed by atoms with Crippen molar-refractivity contribution >= 4 is 74.4 Å². The minimum absolute atomic E-state index is 0.00449. The number of hydrogen-bond donors (Lipinski definition) is 7. The zero-order valence-corrected chi connectivity index (χ0v) is 42.9. The fraction of sp³-hybridized carbons (Fsp3) is 0.412. The highest BCUT2D eigenvalue weighted by atomic mass is 32.2. The van der Waals surface area contributed by atoms with Gasteiger partial charge in [0.25, 0.3) is 27.5 Å². The molecule has 0 aliphatic carbocycles. The van der Waals surface area contributed by atoms with Crippen molar-refractivity contribution in [3.05, 3.63) is 92.8 Å². The SMILES string of the molecule is CCc1c2c(nc3ccc(O)cc13)-c1cc3c(c(=O)n1C2)COC(=O)[C@@]3(CC)OC(=O)OCc1ccc(NC(=O)[C@H](CCCNC(N)=O)NC(=O)[C@@H](NC(=O)CCCCCN2C(=O)C=CC2=O)C(C)C)cc1S(=O)(=O)O. The largest absolute Gasteiger partial charge is 0.510 e. The number of cyclic esters (lactones) is 1. The molecule has 3 aliphatic rings. The number of anilines is 1. The summed E-state index contributed by atoms with van der Waals surface area (Å²) in [4.78, 5) is 122. The van der Waals surface area contributed by atoms with Gasteiger partial charge in [-0.05, 0) is 86.4 Å². The fourth-order valence-electron chi connectivity index (χ4n) is 9.45. The molecule has 2 aromatic heterocycles. The van der Waals surface area contributed by atoms with Gasteiger partial charge < -0.3 is 50.9 Å². The lowest BCUT2D eigenvalue weighted by atomic mass is 9.85. The molecule has 2 aromatic carbocycles. The molecule has 404 valence electrons. The molecule has 0 fully saturated rings. The number of phenols is 1. The quantitative estimate of drug-likeness (QED) is 0.0226. The molecule has 7 amide bonds. The van der Waals surface area contributed by atoms with Crippen LogP contribution in [0.2, 0.25) is 0 Å². The third kappa shape index (κ3) is 12.0. The smallest absolute Gasteiger partial charge is 0.508 e. The summed E-state index contributed by atoms with van der Waals surface area (Å²) in [6.45, 7) is 5.84. The Balaban J connectivity index is 1.04. The summed E-state index contributed by atoms with van der Waals surface area (Å²) < 4.78 is 53.8. The van der Waals surface area contributed by atoms with Gasteiger partial charge in [0, 0.05) is 59.4 Å². The zero-order chi connectivity index (χ0) is 55.2. The van der Waals surface area contributed by atoms with E-state index >= 15 is 0 Å². The van der Waals surface area contributed by atoms with Gasteiger partial charge in [-0.1, -0.05) is 40.2 Å². The predicted molar refractivity (Wildman–Crippen MR) is 269 cm³/mol. The highest BCUT2D eigenvalue weighted by Crippen LogP contribution is 2.42. The molecule has 0 bridgehead atoms. The number of nitrogens with two attached hydrogens (primary N) is 1. The molecule has 3 aliphatic heterocycles. The number of carbonyl (C=O) groups is 8. The number of ether oxygens (including phenoxy) is 3. The lowest BCUT2D eigenvalue weighted by Crippen LogP contribution is -2.54. The van der Waals surface area contributed by atoms with Crippen molar-refractivity contribution in [3.8, 4) is 17.1 Å². The number of primary amides is 1. The van der Waals surface area contributed by atoms with Crippen molar-refractivity contribution in [1.29, 1.82) is 0 Å². The Kier molecular flexibility index (Phi) is 16.9. The van der Waals surface area contributed by atoms with Crippen LogP contribution in [-0.2, 0) is 84.9 Å². The van der Waals surface area contributed by atoms with Gasteiger partial charge in [0.2, 0.25) is 23.3 Å². The van der Waals surface area contributed by atoms with E-state index in [0.717, 1.165) is 28.2 Å². The van der Waals surface area contributed by atoms with Gasteiger partial charge in [-0.15, -0.1) is 0 Å². The van der Waals surface area contributed by atoms with E-state index in [2.05, 4.69) is 21.3 Å². The van der Waals surface area contributed by atoms with Crippen LogP contribution in [0.1, 0.15) is 100 Å². The molecule has 24 nitrogen and oxygen atoms in total. The van der Waals surface area contributed by atoms with E-state index in [1.807, 2.05) is 6.92 Å². The number of aryl methyl sites for hydroxylation is 1. The number of hydrogen-bond acceptors (Lipinski definition) is 16. The Hall–Kier alpha value is -8.19. The second kappa shape index (κ2) is 23.1. The Labute approximate surface area is 435 Å². The van der Waals surface area contributed by atoms with E-state index in [0.29, 0.717) is 48.0 Å². The first-order valence-electron chi connectivity index (χ1n) is 24.6. The molecule has 4 aromatic rings. The number of benzene rings is 2. The summed E-state index contributed by atoms with van der Waals surface area (Å²) in [5, 5.41) is 21.1. The Morgan fingerprint density at radius 3 is 2.33 bits per heavy atom. The van der Waals surface area contributed by atoms with E-state index < -0.39 is 105 Å². The molecule has 0 unspecified atom stereocenters. The van der Waals surface area contributed by atoms with Crippen molar-refractivity contribution in [3.63, 3.8) is 0 Å². The Bertz CT molecular complexity index is 3230. The Morgan fingerprint density at radius 2 is 1.66 bits per heavy atom. The number of carbonyl (C=O) groups excluding carboxylic acids is 8. The van der Waals surface area contributed by atoms with Crippen LogP contribution in [0.4, 0.5) is 15.3 Å². The van der Waals surface area contributed by atoms with Crippen LogP contribution < -0.4 is 32.6 Å². The predicted octanol–water partition coefficient (Wildman–Crippen LogP) is 3.45. The molecule has 0 radical (unpaired) electrons. The molecule has 5 heterocycles. The molecular weight excluding hydrogens is 1010 g/mol. The second-order valence-electron chi connectivity index (χ2n) is 18.7. The summed E-state index contributed by atoms with van der Waals surface area (Å²) in [6, 6.07) is 6.21. The number of nitrogens with zero attached hydrogens (tertiary/aromatic N) is 3. The number of imide groups is 1. The van der Waals surface area contributed by atoms with Crippen LogP contribution in [0.25, 0.3) is 22.3 Å². The summed E-state index contributed by atoms with van der Waals surface area (Å²) in [6.07, 6.45) is 2.60. The number of aromatic nitrogens is 2. The van der Waals surface area contributed by atoms with Gasteiger partial charge in [0.1, 0.15) is 35.9 Å². The van der Waals surface area contributed by atoms with Crippen molar-refractivity contribution in [2.75, 3.05) is 18.4 Å². The number of urea groups is 1. The first-order valence-corrected chi connectivity index (χ1v) is 26.0. The molecule has 8 N–H and O–H groups in total. The summed E-state index contributed by atoms with van der Waals surface area (Å²) >= 11 is 0. The van der Waals surface area contributed by atoms with Gasteiger partial charge in [0.15, 0.2) is 0 Å². The van der Waals surface area contributed by atoms with Crippen LogP contribution in [0, 0.1) is 5.92 Å². The number of aromatic hydroxyl groups is 1. The minimum atomic E-state index is -5.11. The summed E-state index contributed by atoms with van der Waals surface area (Å²) in [5.74, 6) is -4.31. The Morgan fingerprint density at radius 1 is 0.921 bits per heavy atom. The second-order valence-corrected chi connectivity index (χ2v) is 20.1. The van der Waals surface area contributed by atoms with Crippen LogP contribution in [-0.4, -0.2) is 105 Å². The van der Waals surface area contributed by atoms with Gasteiger partial charge in [0.05, 0.1) is 29.0 Å². The molecule has 0 saturated heterocycles. The highest BCUT2D eigenvalue weighted by molar-refractivity contribution is 7.85. The van der Waals surface area contributed by atoms with Gasteiger partial charge in [-0.25, -0.2) is 19.4 Å². The van der Waals surface area contributed by atoms with Crippen molar-refractivity contribution in [1.82, 2.24) is 30.4 Å². The van der Waals surface area contributed by atoms with Crippen LogP contribution >= 0.6 is 0 Å². The number of fused-ring (bicyclic) bond motifs is 5. The van der Waals surface area contributed by atoms with E-state index in [1.54, 1.807) is 32.0 Å². The normalized spacial score (nSPS) is 16.3. The molecule has 3 atom stereocenters. The lowest BCUT2D eigenvalue weighted by molar-refractivity contribution is -0.175. The lowest BCUT2D eigenvalue weighted by Gasteiger charge is -2.35. The number of esters is 1. The van der Waals surface area contributed by atoms with E-state index in [-0.39, 0.29) is 73.4 Å². The first kappa shape index (κ1) is 55.6. The maximum Gasteiger partial charge on any atom is 0.510 e. The molecule has 25 heteroatoms. The van der Waals surface area contributed by atoms with Crippen LogP contribution in [0.15, 0.2) is 64.3 Å². The van der Waals surface area contributed by atoms with Crippen LogP contribution in [0.3, 0.4) is 0 Å². The number of rotatable bonds is 22. The van der Waals surface area contributed by atoms with Crippen molar-refractivity contribution in [2.45, 2.75) is 121 Å². The number of nitrogens with one attached hydrogen (secondary N) is 4. The van der Waals surface area contributed by atoms with Crippen molar-refractivity contribution < 1.29 is 70.6 Å². The third-order valence-electron chi connectivity index (χ3n) is 13.4. The molecule has 76 heavy (non-hydrogen) atoms. The summed E-state index contributed by atoms with van der Waals surface area (Å²) in [5.41, 5.74) is 5.01. The highest BCUT2D eigenvalue weighted by Gasteiger charge is 2.51. The van der Waals surface area contributed by atoms with E-state index in [9.17, 15) is 61.2 Å². The minimum Gasteiger partial charge on any atom is -0.508 e. The average Bonchev–Trinajstić information content (AvgIpc) is 3.93. The number of phenolic OH excluding ortho intramolecular Hbond substituents is 1. The van der Waals surface area contributed by atoms with Crippen molar-refractivity contribution in [2.24, 2.45) is 11.7 Å². The fourth-order valence-corrected chi connectivity index (χ4v) is 10.2. The van der Waals surface area contributed by atoms with Gasteiger partial charge >= 0.3 is 18.2 Å².